The maximum atomic E-state index is 13.2. The second-order valence-corrected chi connectivity index (χ2v) is 6.23. The van der Waals surface area contributed by atoms with Crippen molar-refractivity contribution in [2.45, 2.75) is 25.2 Å². The van der Waals surface area contributed by atoms with Crippen LogP contribution in [0, 0.1) is 5.82 Å². The minimum absolute atomic E-state index is 0.323. The monoisotopic (exact) mass is 323 g/mol. The molecule has 0 aliphatic heterocycles. The summed E-state index contributed by atoms with van der Waals surface area (Å²) in [7, 11) is 0. The van der Waals surface area contributed by atoms with Gasteiger partial charge in [-0.1, -0.05) is 47.5 Å². The second kappa shape index (κ2) is 6.25. The van der Waals surface area contributed by atoms with Crippen LogP contribution >= 0.6 is 23.2 Å². The van der Waals surface area contributed by atoms with Crippen LogP contribution in [0.1, 0.15) is 29.9 Å². The molecule has 0 bridgehead atoms. The van der Waals surface area contributed by atoms with Crippen molar-refractivity contribution in [3.8, 4) is 0 Å². The Morgan fingerprint density at radius 1 is 1.14 bits per heavy atom. The van der Waals surface area contributed by atoms with Crippen molar-refractivity contribution in [3.05, 3.63) is 63.4 Å². The molecule has 3 rings (SSSR count). The molecule has 0 aromatic heterocycles. The first-order valence-corrected chi connectivity index (χ1v) is 7.87. The van der Waals surface area contributed by atoms with E-state index in [1.165, 1.54) is 29.7 Å². The van der Waals surface area contributed by atoms with E-state index in [0.717, 1.165) is 19.4 Å². The van der Waals surface area contributed by atoms with Gasteiger partial charge in [-0.15, -0.1) is 0 Å². The van der Waals surface area contributed by atoms with Gasteiger partial charge in [0.15, 0.2) is 0 Å². The Morgan fingerprint density at radius 3 is 2.62 bits per heavy atom. The van der Waals surface area contributed by atoms with Gasteiger partial charge in [-0.25, -0.2) is 4.39 Å². The zero-order valence-corrected chi connectivity index (χ0v) is 13.0. The van der Waals surface area contributed by atoms with Crippen molar-refractivity contribution < 1.29 is 4.39 Å². The predicted octanol–water partition coefficient (Wildman–Crippen LogP) is 5.66. The highest BCUT2D eigenvalue weighted by atomic mass is 35.5. The number of halogens is 3. The van der Waals surface area contributed by atoms with Gasteiger partial charge in [0, 0.05) is 12.5 Å². The third-order valence-electron chi connectivity index (χ3n) is 4.03. The average molecular weight is 324 g/mol. The van der Waals surface area contributed by atoms with Gasteiger partial charge in [0.1, 0.15) is 5.82 Å². The van der Waals surface area contributed by atoms with Crippen LogP contribution in [-0.2, 0) is 6.42 Å². The maximum Gasteiger partial charge on any atom is 0.126 e. The van der Waals surface area contributed by atoms with Crippen LogP contribution < -0.4 is 5.32 Å². The van der Waals surface area contributed by atoms with Crippen molar-refractivity contribution in [2.24, 2.45) is 0 Å². The molecule has 21 heavy (non-hydrogen) atoms. The fourth-order valence-corrected chi connectivity index (χ4v) is 3.60. The van der Waals surface area contributed by atoms with Crippen LogP contribution in [-0.4, -0.2) is 6.54 Å². The first kappa shape index (κ1) is 14.7. The summed E-state index contributed by atoms with van der Waals surface area (Å²) >= 11 is 12.1. The molecule has 1 aliphatic carbocycles. The van der Waals surface area contributed by atoms with E-state index in [4.69, 9.17) is 23.2 Å². The van der Waals surface area contributed by atoms with Crippen LogP contribution in [0.3, 0.4) is 0 Å². The Bertz CT molecular complexity index is 634. The van der Waals surface area contributed by atoms with Gasteiger partial charge in [-0.05, 0) is 42.5 Å². The molecule has 0 heterocycles. The standard InChI is InChI=1S/C17H16Cl2FN/c18-15-8-13(20)9-16(19)17(15)21-10-12-6-3-5-11-4-1-2-7-14(11)12/h1-2,4,7-9,12,21H,3,5-6,10H2. The van der Waals surface area contributed by atoms with Crippen LogP contribution in [0.15, 0.2) is 36.4 Å². The van der Waals surface area contributed by atoms with Crippen LogP contribution in [0.4, 0.5) is 10.1 Å². The van der Waals surface area contributed by atoms with E-state index >= 15 is 0 Å². The number of hydrogen-bond donors (Lipinski definition) is 1. The summed E-state index contributed by atoms with van der Waals surface area (Å²) < 4.78 is 13.2. The highest BCUT2D eigenvalue weighted by molar-refractivity contribution is 6.39. The van der Waals surface area contributed by atoms with E-state index in [1.54, 1.807) is 0 Å². The zero-order chi connectivity index (χ0) is 14.8. The van der Waals surface area contributed by atoms with Gasteiger partial charge in [0.05, 0.1) is 15.7 Å². The van der Waals surface area contributed by atoms with Crippen molar-refractivity contribution >= 4 is 28.9 Å². The summed E-state index contributed by atoms with van der Waals surface area (Å²) in [5.41, 5.74) is 3.43. The number of benzene rings is 2. The molecule has 2 aromatic rings. The van der Waals surface area contributed by atoms with Gasteiger partial charge in [-0.2, -0.15) is 0 Å². The topological polar surface area (TPSA) is 12.0 Å². The molecule has 0 fully saturated rings. The van der Waals surface area contributed by atoms with Crippen molar-refractivity contribution in [3.63, 3.8) is 0 Å². The number of anilines is 1. The fraction of sp³-hybridized carbons (Fsp3) is 0.294. The van der Waals surface area contributed by atoms with Crippen LogP contribution in [0.2, 0.25) is 10.0 Å². The molecule has 1 aliphatic rings. The molecule has 1 unspecified atom stereocenters. The first-order valence-electron chi connectivity index (χ1n) is 7.11. The summed E-state index contributed by atoms with van der Waals surface area (Å²) in [6.45, 7) is 0.752. The van der Waals surface area contributed by atoms with Crippen molar-refractivity contribution in [1.82, 2.24) is 0 Å². The summed E-state index contributed by atoms with van der Waals surface area (Å²) in [6, 6.07) is 11.1. The Labute approximate surface area is 134 Å². The van der Waals surface area contributed by atoms with E-state index in [9.17, 15) is 4.39 Å². The number of aryl methyl sites for hydroxylation is 1. The van der Waals surface area contributed by atoms with Gasteiger partial charge >= 0.3 is 0 Å². The Balaban J connectivity index is 1.78. The molecular weight excluding hydrogens is 308 g/mol. The lowest BCUT2D eigenvalue weighted by atomic mass is 9.83. The second-order valence-electron chi connectivity index (χ2n) is 5.41. The summed E-state index contributed by atoms with van der Waals surface area (Å²) in [5.74, 6) is 0.0192. The molecule has 1 atom stereocenters. The fourth-order valence-electron chi connectivity index (χ4n) is 3.00. The lowest BCUT2D eigenvalue weighted by Crippen LogP contribution is -2.18. The molecular formula is C17H16Cl2FN. The third kappa shape index (κ3) is 3.17. The smallest absolute Gasteiger partial charge is 0.126 e. The van der Waals surface area contributed by atoms with Crippen LogP contribution in [0.25, 0.3) is 0 Å². The minimum atomic E-state index is -0.418. The Kier molecular flexibility index (Phi) is 4.37. The lowest BCUT2D eigenvalue weighted by molar-refractivity contribution is 0.571. The molecule has 0 saturated carbocycles. The SMILES string of the molecule is Fc1cc(Cl)c(NCC2CCCc3ccccc32)c(Cl)c1. The molecule has 1 N–H and O–H groups in total. The molecule has 110 valence electrons. The third-order valence-corrected chi connectivity index (χ3v) is 4.62. The molecule has 4 heteroatoms. The molecule has 0 spiro atoms. The van der Waals surface area contributed by atoms with Crippen LogP contribution in [0.5, 0.6) is 0 Å². The van der Waals surface area contributed by atoms with E-state index in [1.807, 2.05) is 0 Å². The Hall–Kier alpha value is -1.25. The average Bonchev–Trinajstić information content (AvgIpc) is 2.46. The zero-order valence-electron chi connectivity index (χ0n) is 11.5. The molecule has 0 radical (unpaired) electrons. The van der Waals surface area contributed by atoms with Gasteiger partial charge in [-0.3, -0.25) is 0 Å². The highest BCUT2D eigenvalue weighted by Gasteiger charge is 2.20. The predicted molar refractivity (Wildman–Crippen MR) is 87.0 cm³/mol. The van der Waals surface area contributed by atoms with E-state index in [2.05, 4.69) is 29.6 Å². The highest BCUT2D eigenvalue weighted by Crippen LogP contribution is 2.35. The van der Waals surface area contributed by atoms with Gasteiger partial charge in [0.2, 0.25) is 0 Å². The number of nitrogens with one attached hydrogen (secondary N) is 1. The van der Waals surface area contributed by atoms with E-state index in [0.29, 0.717) is 21.7 Å². The van der Waals surface area contributed by atoms with E-state index in [-0.39, 0.29) is 0 Å². The Morgan fingerprint density at radius 2 is 1.86 bits per heavy atom. The number of hydrogen-bond acceptors (Lipinski definition) is 1. The summed E-state index contributed by atoms with van der Waals surface area (Å²) in [6.07, 6.45) is 3.47. The minimum Gasteiger partial charge on any atom is -0.382 e. The van der Waals surface area contributed by atoms with Crippen molar-refractivity contribution in [2.75, 3.05) is 11.9 Å². The molecule has 1 nitrogen and oxygen atoms in total. The molecule has 0 amide bonds. The quantitative estimate of drug-likeness (QED) is 0.767. The molecule has 0 saturated heterocycles. The molecule has 2 aromatic carbocycles. The number of fused-ring (bicyclic) bond motifs is 1. The summed E-state index contributed by atoms with van der Waals surface area (Å²) in [4.78, 5) is 0. The first-order chi connectivity index (χ1) is 10.1. The van der Waals surface area contributed by atoms with Gasteiger partial charge in [0.25, 0.3) is 0 Å². The largest absolute Gasteiger partial charge is 0.382 e. The van der Waals surface area contributed by atoms with Crippen molar-refractivity contribution in [1.29, 1.82) is 0 Å². The van der Waals surface area contributed by atoms with E-state index < -0.39 is 5.82 Å². The lowest BCUT2D eigenvalue weighted by Gasteiger charge is -2.26. The number of rotatable bonds is 3. The normalized spacial score (nSPS) is 17.4. The maximum absolute atomic E-state index is 13.2. The van der Waals surface area contributed by atoms with Gasteiger partial charge < -0.3 is 5.32 Å². The summed E-state index contributed by atoms with van der Waals surface area (Å²) in [5, 5.41) is 3.93.